The van der Waals surface area contributed by atoms with Crippen molar-refractivity contribution in [3.63, 3.8) is 0 Å². The molecule has 0 saturated carbocycles. The van der Waals surface area contributed by atoms with Crippen LogP contribution in [0.25, 0.3) is 0 Å². The molecule has 122 valence electrons. The molecule has 1 unspecified atom stereocenters. The molecule has 3 nitrogen and oxygen atoms in total. The molecule has 0 spiro atoms. The van der Waals surface area contributed by atoms with E-state index in [0.29, 0.717) is 11.0 Å². The third kappa shape index (κ3) is 4.09. The minimum absolute atomic E-state index is 0.0587. The van der Waals surface area contributed by atoms with E-state index in [9.17, 15) is 13.6 Å². The maximum Gasteiger partial charge on any atom is 0.236 e. The summed E-state index contributed by atoms with van der Waals surface area (Å²) in [4.78, 5) is 17.9. The number of nitrogens with zero attached hydrogens (tertiary/aromatic N) is 1. The number of thiazole rings is 1. The fourth-order valence-electron chi connectivity index (χ4n) is 2.48. The van der Waals surface area contributed by atoms with Gasteiger partial charge >= 0.3 is 0 Å². The van der Waals surface area contributed by atoms with Crippen LogP contribution in [0.15, 0.2) is 23.1 Å². The molecule has 1 aromatic heterocycles. The number of nitrogens with one attached hydrogen (secondary N) is 1. The maximum atomic E-state index is 13.5. The van der Waals surface area contributed by atoms with Crippen LogP contribution in [-0.4, -0.2) is 16.6 Å². The van der Waals surface area contributed by atoms with Gasteiger partial charge in [0.15, 0.2) is 5.13 Å². The predicted octanol–water partition coefficient (Wildman–Crippen LogP) is 4.28. The highest BCUT2D eigenvalue weighted by Crippen LogP contribution is 2.32. The van der Waals surface area contributed by atoms with Crippen molar-refractivity contribution in [3.05, 3.63) is 40.4 Å². The molecule has 0 aliphatic heterocycles. The number of fused-ring (bicyclic) bond motifs is 1. The van der Waals surface area contributed by atoms with E-state index < -0.39 is 11.6 Å². The van der Waals surface area contributed by atoms with Crippen LogP contribution in [0.2, 0.25) is 0 Å². The minimum Gasteiger partial charge on any atom is -0.301 e. The normalized spacial score (nSPS) is 16.9. The molecule has 1 aromatic carbocycles. The highest BCUT2D eigenvalue weighted by molar-refractivity contribution is 8.00. The number of benzene rings is 1. The van der Waals surface area contributed by atoms with Crippen molar-refractivity contribution in [3.8, 4) is 0 Å². The summed E-state index contributed by atoms with van der Waals surface area (Å²) in [5.74, 6) is -0.801. The lowest BCUT2D eigenvalue weighted by molar-refractivity contribution is -0.113. The summed E-state index contributed by atoms with van der Waals surface area (Å²) in [5.41, 5.74) is 1.08. The Morgan fingerprint density at radius 2 is 2.30 bits per heavy atom. The van der Waals surface area contributed by atoms with Crippen LogP contribution < -0.4 is 5.32 Å². The van der Waals surface area contributed by atoms with E-state index in [-0.39, 0.29) is 16.6 Å². The van der Waals surface area contributed by atoms with Gasteiger partial charge in [-0.3, -0.25) is 4.79 Å². The second kappa shape index (κ2) is 6.97. The first kappa shape index (κ1) is 16.4. The fourth-order valence-corrected chi connectivity index (χ4v) is 4.39. The van der Waals surface area contributed by atoms with Gasteiger partial charge in [0.05, 0.1) is 11.4 Å². The van der Waals surface area contributed by atoms with Crippen molar-refractivity contribution >= 4 is 34.1 Å². The number of hydrogen-bond donors (Lipinski definition) is 1. The summed E-state index contributed by atoms with van der Waals surface area (Å²) in [6.45, 7) is 2.22. The monoisotopic (exact) mass is 354 g/mol. The zero-order valence-corrected chi connectivity index (χ0v) is 14.2. The number of halogens is 2. The molecule has 7 heteroatoms. The second-order valence-electron chi connectivity index (χ2n) is 5.65. The SMILES string of the molecule is CC1CCc2nc(NC(=O)CSc3ccc(F)cc3F)sc2C1. The quantitative estimate of drug-likeness (QED) is 0.834. The van der Waals surface area contributed by atoms with E-state index in [2.05, 4.69) is 17.2 Å². The summed E-state index contributed by atoms with van der Waals surface area (Å²) in [6, 6.07) is 3.34. The highest BCUT2D eigenvalue weighted by atomic mass is 32.2. The topological polar surface area (TPSA) is 42.0 Å². The smallest absolute Gasteiger partial charge is 0.236 e. The molecule has 1 atom stereocenters. The number of aromatic nitrogens is 1. The molecule has 0 fully saturated rings. The number of hydrogen-bond acceptors (Lipinski definition) is 4. The average Bonchev–Trinajstić information content (AvgIpc) is 2.87. The largest absolute Gasteiger partial charge is 0.301 e. The van der Waals surface area contributed by atoms with Crippen LogP contribution in [-0.2, 0) is 17.6 Å². The highest BCUT2D eigenvalue weighted by Gasteiger charge is 2.20. The third-order valence-electron chi connectivity index (χ3n) is 3.69. The number of thioether (sulfide) groups is 1. The Morgan fingerprint density at radius 3 is 3.09 bits per heavy atom. The van der Waals surface area contributed by atoms with Crippen molar-refractivity contribution in [1.82, 2.24) is 4.98 Å². The number of amides is 1. The Hall–Kier alpha value is -1.47. The van der Waals surface area contributed by atoms with Gasteiger partial charge in [-0.1, -0.05) is 6.92 Å². The number of carbonyl (C=O) groups excluding carboxylic acids is 1. The van der Waals surface area contributed by atoms with Crippen molar-refractivity contribution in [1.29, 1.82) is 0 Å². The molecule has 1 N–H and O–H groups in total. The van der Waals surface area contributed by atoms with Gasteiger partial charge in [0.25, 0.3) is 0 Å². The van der Waals surface area contributed by atoms with E-state index in [1.807, 2.05) is 0 Å². The van der Waals surface area contributed by atoms with Gasteiger partial charge in [-0.25, -0.2) is 13.8 Å². The minimum atomic E-state index is -0.651. The van der Waals surface area contributed by atoms with Crippen molar-refractivity contribution in [2.24, 2.45) is 5.92 Å². The zero-order valence-electron chi connectivity index (χ0n) is 12.6. The molecular formula is C16H16F2N2OS2. The first-order valence-corrected chi connectivity index (χ1v) is 9.17. The number of carbonyl (C=O) groups is 1. The lowest BCUT2D eigenvalue weighted by atomic mass is 9.93. The van der Waals surface area contributed by atoms with E-state index in [1.165, 1.54) is 28.3 Å². The fraction of sp³-hybridized carbons (Fsp3) is 0.375. The van der Waals surface area contributed by atoms with Crippen LogP contribution in [0.5, 0.6) is 0 Å². The molecule has 0 radical (unpaired) electrons. The van der Waals surface area contributed by atoms with E-state index in [4.69, 9.17) is 0 Å². The molecule has 3 rings (SSSR count). The maximum absolute atomic E-state index is 13.5. The molecule has 2 aromatic rings. The first-order valence-electron chi connectivity index (χ1n) is 7.37. The van der Waals surface area contributed by atoms with Gasteiger partial charge in [-0.15, -0.1) is 23.1 Å². The average molecular weight is 354 g/mol. The van der Waals surface area contributed by atoms with E-state index in [0.717, 1.165) is 42.8 Å². The zero-order chi connectivity index (χ0) is 16.4. The van der Waals surface area contributed by atoms with Gasteiger partial charge in [-0.05, 0) is 37.3 Å². The van der Waals surface area contributed by atoms with Gasteiger partial charge in [0.2, 0.25) is 5.91 Å². The van der Waals surface area contributed by atoms with Gasteiger partial charge < -0.3 is 5.32 Å². The van der Waals surface area contributed by atoms with Crippen LogP contribution in [0, 0.1) is 17.6 Å². The summed E-state index contributed by atoms with van der Waals surface area (Å²) in [7, 11) is 0. The molecule has 1 aliphatic rings. The summed E-state index contributed by atoms with van der Waals surface area (Å²) < 4.78 is 26.4. The van der Waals surface area contributed by atoms with Gasteiger partial charge in [-0.2, -0.15) is 0 Å². The summed E-state index contributed by atoms with van der Waals surface area (Å²) in [5, 5.41) is 3.37. The van der Waals surface area contributed by atoms with Crippen molar-refractivity contribution < 1.29 is 13.6 Å². The third-order valence-corrected chi connectivity index (χ3v) is 5.77. The Labute approximate surface area is 141 Å². The molecular weight excluding hydrogens is 338 g/mol. The standard InChI is InChI=1S/C16H16F2N2OS2/c1-9-2-4-12-14(6-9)23-16(19-12)20-15(21)8-22-13-5-3-10(17)7-11(13)18/h3,5,7,9H,2,4,6,8H2,1H3,(H,19,20,21). The first-order chi connectivity index (χ1) is 11.0. The van der Waals surface area contributed by atoms with Crippen LogP contribution >= 0.6 is 23.1 Å². The lowest BCUT2D eigenvalue weighted by Gasteiger charge is -2.15. The van der Waals surface area contributed by atoms with E-state index in [1.54, 1.807) is 0 Å². The van der Waals surface area contributed by atoms with Gasteiger partial charge in [0.1, 0.15) is 11.6 Å². The van der Waals surface area contributed by atoms with Crippen molar-refractivity contribution in [2.45, 2.75) is 31.1 Å². The molecule has 0 saturated heterocycles. The predicted molar refractivity (Wildman–Crippen MR) is 89.0 cm³/mol. The van der Waals surface area contributed by atoms with Crippen LogP contribution in [0.4, 0.5) is 13.9 Å². The van der Waals surface area contributed by atoms with Crippen LogP contribution in [0.3, 0.4) is 0 Å². The lowest BCUT2D eigenvalue weighted by Crippen LogP contribution is -2.14. The number of rotatable bonds is 4. The number of aryl methyl sites for hydroxylation is 1. The Kier molecular flexibility index (Phi) is 4.96. The Balaban J connectivity index is 1.57. The molecule has 0 bridgehead atoms. The van der Waals surface area contributed by atoms with E-state index >= 15 is 0 Å². The Bertz CT molecular complexity index is 733. The van der Waals surface area contributed by atoms with Crippen molar-refractivity contribution in [2.75, 3.05) is 11.1 Å². The summed E-state index contributed by atoms with van der Waals surface area (Å²) >= 11 is 2.56. The molecule has 1 amide bonds. The Morgan fingerprint density at radius 1 is 1.48 bits per heavy atom. The molecule has 23 heavy (non-hydrogen) atoms. The van der Waals surface area contributed by atoms with Crippen LogP contribution in [0.1, 0.15) is 23.9 Å². The molecule has 1 heterocycles. The van der Waals surface area contributed by atoms with Gasteiger partial charge in [0, 0.05) is 15.8 Å². The summed E-state index contributed by atoms with van der Waals surface area (Å²) in [6.07, 6.45) is 3.10. The number of anilines is 1. The molecule has 1 aliphatic carbocycles. The second-order valence-corrected chi connectivity index (χ2v) is 7.75.